The molecule has 0 aliphatic heterocycles. The monoisotopic (exact) mass is 269 g/mol. The van der Waals surface area contributed by atoms with Crippen molar-refractivity contribution in [2.75, 3.05) is 0 Å². The Bertz CT molecular complexity index is 458. The van der Waals surface area contributed by atoms with Crippen LogP contribution in [0.25, 0.3) is 0 Å². The molecule has 102 valence electrons. The minimum absolute atomic E-state index is 0.0388. The number of pyridine rings is 1. The number of alkyl halides is 3. The van der Waals surface area contributed by atoms with Gasteiger partial charge < -0.3 is 0 Å². The first kappa shape index (κ1) is 15.2. The highest BCUT2D eigenvalue weighted by Crippen LogP contribution is 2.29. The van der Waals surface area contributed by atoms with E-state index in [4.69, 9.17) is 5.26 Å². The van der Waals surface area contributed by atoms with E-state index >= 15 is 0 Å². The second-order valence-electron chi connectivity index (χ2n) is 4.11. The Kier molecular flexibility index (Phi) is 5.49. The van der Waals surface area contributed by atoms with Crippen molar-refractivity contribution in [2.24, 2.45) is 4.99 Å². The summed E-state index contributed by atoms with van der Waals surface area (Å²) in [5.74, 6) is 0.0388. The van der Waals surface area contributed by atoms with Crippen molar-refractivity contribution >= 4 is 6.21 Å². The van der Waals surface area contributed by atoms with Gasteiger partial charge in [0.05, 0.1) is 0 Å². The van der Waals surface area contributed by atoms with Gasteiger partial charge in [0.2, 0.25) is 6.19 Å². The molecule has 1 rings (SSSR count). The Hall–Kier alpha value is -1.90. The molecule has 0 saturated carbocycles. The largest absolute Gasteiger partial charge is 0.433 e. The first-order chi connectivity index (χ1) is 8.99. The summed E-state index contributed by atoms with van der Waals surface area (Å²) in [5.41, 5.74) is -0.156. The fourth-order valence-electron chi connectivity index (χ4n) is 1.80. The number of nitriles is 1. The standard InChI is InChI=1S/C13H14F3N3/c1-2-3-10(6-7-18-9-17)11-4-5-12(19-8-11)13(14,15)16/h4-5,7-8,10H,2-3,6H2,1H3. The maximum Gasteiger partial charge on any atom is 0.433 e. The number of aromatic nitrogens is 1. The van der Waals surface area contributed by atoms with Gasteiger partial charge >= 0.3 is 6.18 Å². The lowest BCUT2D eigenvalue weighted by Gasteiger charge is -2.14. The minimum atomic E-state index is -4.42. The first-order valence-electron chi connectivity index (χ1n) is 5.92. The summed E-state index contributed by atoms with van der Waals surface area (Å²) < 4.78 is 37.2. The van der Waals surface area contributed by atoms with Crippen LogP contribution in [0.1, 0.15) is 43.4 Å². The van der Waals surface area contributed by atoms with E-state index in [1.54, 1.807) is 6.19 Å². The fourth-order valence-corrected chi connectivity index (χ4v) is 1.80. The van der Waals surface area contributed by atoms with Gasteiger partial charge in [0.15, 0.2) is 0 Å². The van der Waals surface area contributed by atoms with E-state index in [2.05, 4.69) is 9.98 Å². The van der Waals surface area contributed by atoms with Crippen LogP contribution in [0.5, 0.6) is 0 Å². The molecule has 1 atom stereocenters. The highest BCUT2D eigenvalue weighted by atomic mass is 19.4. The highest BCUT2D eigenvalue weighted by molar-refractivity contribution is 5.60. The quantitative estimate of drug-likeness (QED) is 0.600. The summed E-state index contributed by atoms with van der Waals surface area (Å²) in [6.45, 7) is 1.99. The molecule has 1 unspecified atom stereocenters. The fraction of sp³-hybridized carbons (Fsp3) is 0.462. The topological polar surface area (TPSA) is 49.0 Å². The number of rotatable bonds is 5. The predicted molar refractivity (Wildman–Crippen MR) is 65.6 cm³/mol. The summed E-state index contributed by atoms with van der Waals surface area (Å²) in [4.78, 5) is 6.90. The Morgan fingerprint density at radius 3 is 2.68 bits per heavy atom. The van der Waals surface area contributed by atoms with Gasteiger partial charge in [0.1, 0.15) is 5.69 Å². The van der Waals surface area contributed by atoms with Crippen molar-refractivity contribution in [3.05, 3.63) is 29.6 Å². The van der Waals surface area contributed by atoms with Gasteiger partial charge in [-0.2, -0.15) is 23.4 Å². The maximum atomic E-state index is 12.4. The van der Waals surface area contributed by atoms with Gasteiger partial charge in [-0.15, -0.1) is 0 Å². The van der Waals surface area contributed by atoms with Crippen LogP contribution in [-0.4, -0.2) is 11.2 Å². The van der Waals surface area contributed by atoms with E-state index in [0.29, 0.717) is 6.42 Å². The molecule has 0 radical (unpaired) electrons. The van der Waals surface area contributed by atoms with Gasteiger partial charge in [-0.1, -0.05) is 19.4 Å². The number of nitrogens with zero attached hydrogens (tertiary/aromatic N) is 3. The van der Waals surface area contributed by atoms with Gasteiger partial charge in [-0.05, 0) is 30.4 Å². The molecule has 3 nitrogen and oxygen atoms in total. The maximum absolute atomic E-state index is 12.4. The smallest absolute Gasteiger partial charge is 0.251 e. The summed E-state index contributed by atoms with van der Waals surface area (Å²) in [7, 11) is 0. The average molecular weight is 269 g/mol. The molecule has 0 aliphatic carbocycles. The van der Waals surface area contributed by atoms with E-state index in [1.165, 1.54) is 18.5 Å². The molecule has 0 N–H and O–H groups in total. The van der Waals surface area contributed by atoms with Crippen molar-refractivity contribution in [3.8, 4) is 6.19 Å². The molecule has 0 saturated heterocycles. The molecular formula is C13H14F3N3. The zero-order chi connectivity index (χ0) is 14.3. The molecule has 0 amide bonds. The molecular weight excluding hydrogens is 255 g/mol. The lowest BCUT2D eigenvalue weighted by atomic mass is 9.93. The van der Waals surface area contributed by atoms with E-state index in [9.17, 15) is 13.2 Å². The van der Waals surface area contributed by atoms with Crippen LogP contribution in [0.15, 0.2) is 23.3 Å². The van der Waals surface area contributed by atoms with Crippen LogP contribution in [0.3, 0.4) is 0 Å². The third-order valence-electron chi connectivity index (χ3n) is 2.72. The van der Waals surface area contributed by atoms with Crippen LogP contribution in [0.4, 0.5) is 13.2 Å². The van der Waals surface area contributed by atoms with E-state index in [-0.39, 0.29) is 5.92 Å². The number of halogens is 3. The Morgan fingerprint density at radius 1 is 1.47 bits per heavy atom. The van der Waals surface area contributed by atoms with E-state index in [0.717, 1.165) is 24.5 Å². The van der Waals surface area contributed by atoms with E-state index in [1.807, 2.05) is 6.92 Å². The number of hydrogen-bond donors (Lipinski definition) is 0. The highest BCUT2D eigenvalue weighted by Gasteiger charge is 2.32. The third kappa shape index (κ3) is 4.70. The summed E-state index contributed by atoms with van der Waals surface area (Å²) in [6.07, 6.45) is 2.20. The van der Waals surface area contributed by atoms with Gasteiger partial charge in [0, 0.05) is 12.4 Å². The third-order valence-corrected chi connectivity index (χ3v) is 2.72. The van der Waals surface area contributed by atoms with Crippen LogP contribution in [0.2, 0.25) is 0 Å². The van der Waals surface area contributed by atoms with Gasteiger partial charge in [-0.25, -0.2) is 0 Å². The average Bonchev–Trinajstić information content (AvgIpc) is 2.37. The SMILES string of the molecule is CCCC(CC=NC#N)c1ccc(C(F)(F)F)nc1. The molecule has 1 aromatic heterocycles. The first-order valence-corrected chi connectivity index (χ1v) is 5.92. The van der Waals surface area contributed by atoms with Crippen LogP contribution >= 0.6 is 0 Å². The molecule has 6 heteroatoms. The molecule has 0 aliphatic rings. The number of hydrogen-bond acceptors (Lipinski definition) is 3. The predicted octanol–water partition coefficient (Wildman–Crippen LogP) is 3.93. The molecule has 0 bridgehead atoms. The summed E-state index contributed by atoms with van der Waals surface area (Å²) in [5, 5.41) is 8.32. The Labute approximate surface area is 109 Å². The Morgan fingerprint density at radius 2 is 2.21 bits per heavy atom. The van der Waals surface area contributed by atoms with Gasteiger partial charge in [0.25, 0.3) is 0 Å². The van der Waals surface area contributed by atoms with Gasteiger partial charge in [-0.3, -0.25) is 4.98 Å². The molecule has 0 fully saturated rings. The van der Waals surface area contributed by atoms with Crippen molar-refractivity contribution in [2.45, 2.75) is 38.3 Å². The zero-order valence-corrected chi connectivity index (χ0v) is 10.5. The van der Waals surface area contributed by atoms with Crippen LogP contribution < -0.4 is 0 Å². The molecule has 0 spiro atoms. The Balaban J connectivity index is 2.85. The van der Waals surface area contributed by atoms with Crippen LogP contribution in [0, 0.1) is 11.5 Å². The molecule has 19 heavy (non-hydrogen) atoms. The van der Waals surface area contributed by atoms with Crippen molar-refractivity contribution < 1.29 is 13.2 Å². The van der Waals surface area contributed by atoms with Crippen molar-refractivity contribution in [1.29, 1.82) is 5.26 Å². The summed E-state index contributed by atoms with van der Waals surface area (Å²) >= 11 is 0. The molecule has 0 aromatic carbocycles. The second kappa shape index (κ2) is 6.88. The normalized spacial score (nSPS) is 13.4. The van der Waals surface area contributed by atoms with Crippen LogP contribution in [-0.2, 0) is 6.18 Å². The molecule has 1 heterocycles. The zero-order valence-electron chi connectivity index (χ0n) is 10.5. The number of aliphatic imine (C=N–C) groups is 1. The molecule has 1 aromatic rings. The lowest BCUT2D eigenvalue weighted by molar-refractivity contribution is -0.141. The van der Waals surface area contributed by atoms with Crippen molar-refractivity contribution in [3.63, 3.8) is 0 Å². The van der Waals surface area contributed by atoms with E-state index < -0.39 is 11.9 Å². The second-order valence-corrected chi connectivity index (χ2v) is 4.11. The van der Waals surface area contributed by atoms with Crippen molar-refractivity contribution in [1.82, 2.24) is 4.98 Å². The lowest BCUT2D eigenvalue weighted by Crippen LogP contribution is -2.09. The summed E-state index contributed by atoms with van der Waals surface area (Å²) in [6, 6.07) is 2.43. The minimum Gasteiger partial charge on any atom is -0.251 e.